The molecule has 1 aliphatic heterocycles. The number of primary amides is 1. The second kappa shape index (κ2) is 10.3. The van der Waals surface area contributed by atoms with E-state index in [2.05, 4.69) is 5.32 Å². The number of aromatic hydroxyl groups is 1. The molecule has 1 aromatic carbocycles. The quantitative estimate of drug-likeness (QED) is 0.300. The van der Waals surface area contributed by atoms with Crippen molar-refractivity contribution in [1.82, 2.24) is 14.5 Å². The van der Waals surface area contributed by atoms with E-state index in [-0.39, 0.29) is 31.6 Å². The third-order valence-electron chi connectivity index (χ3n) is 8.87. The maximum absolute atomic E-state index is 14.8. The van der Waals surface area contributed by atoms with Gasteiger partial charge in [-0.15, -0.1) is 0 Å². The number of piperazine rings is 1. The minimum Gasteiger partial charge on any atom is -0.511 e. The van der Waals surface area contributed by atoms with Gasteiger partial charge in [0.2, 0.25) is 10.0 Å². The number of hydrogen-bond acceptors (Lipinski definition) is 10. The summed E-state index contributed by atoms with van der Waals surface area (Å²) in [6, 6.07) is -1.40. The van der Waals surface area contributed by atoms with Crippen molar-refractivity contribution >= 4 is 27.5 Å². The number of hydrogen-bond donors (Lipinski definition) is 5. The van der Waals surface area contributed by atoms with Crippen LogP contribution < -0.4 is 11.1 Å². The lowest BCUT2D eigenvalue weighted by Gasteiger charge is -2.46. The van der Waals surface area contributed by atoms with Gasteiger partial charge >= 0.3 is 6.18 Å². The van der Waals surface area contributed by atoms with Crippen LogP contribution in [0.1, 0.15) is 39.5 Å². The van der Waals surface area contributed by atoms with E-state index in [4.69, 9.17) is 5.73 Å². The van der Waals surface area contributed by atoms with Crippen LogP contribution in [-0.4, -0.2) is 96.4 Å². The number of aliphatic hydroxyl groups is 2. The number of benzene rings is 1. The Balaban J connectivity index is 1.68. The summed E-state index contributed by atoms with van der Waals surface area (Å²) in [6.07, 6.45) is -4.65. The third-order valence-corrected chi connectivity index (χ3v) is 10.1. The van der Waals surface area contributed by atoms with Crippen LogP contribution >= 0.6 is 0 Å². The molecule has 16 heteroatoms. The summed E-state index contributed by atoms with van der Waals surface area (Å²) in [5.74, 6) is -8.95. The molecule has 6 N–H and O–H groups in total. The molecule has 1 saturated heterocycles. The number of fused-ring (bicyclic) bond motifs is 3. The number of nitrogens with one attached hydrogen (secondary N) is 1. The molecule has 5 rings (SSSR count). The Morgan fingerprint density at radius 2 is 1.81 bits per heavy atom. The van der Waals surface area contributed by atoms with Gasteiger partial charge in [-0.3, -0.25) is 19.3 Å². The van der Waals surface area contributed by atoms with Gasteiger partial charge in [-0.1, -0.05) is 0 Å². The summed E-state index contributed by atoms with van der Waals surface area (Å²) in [5.41, 5.74) is 1.46. The van der Waals surface area contributed by atoms with Crippen molar-refractivity contribution in [3.8, 4) is 5.75 Å². The summed E-state index contributed by atoms with van der Waals surface area (Å²) in [4.78, 5) is 40.6. The Bertz CT molecular complexity index is 1620. The van der Waals surface area contributed by atoms with Crippen molar-refractivity contribution in [3.63, 3.8) is 0 Å². The van der Waals surface area contributed by atoms with E-state index in [9.17, 15) is 51.3 Å². The Morgan fingerprint density at radius 1 is 1.16 bits per heavy atom. The number of sulfonamides is 1. The number of ketones is 2. The van der Waals surface area contributed by atoms with Crippen molar-refractivity contribution in [2.75, 3.05) is 40.0 Å². The van der Waals surface area contributed by atoms with Gasteiger partial charge < -0.3 is 26.4 Å². The van der Waals surface area contributed by atoms with Gasteiger partial charge in [0.05, 0.1) is 29.3 Å². The fourth-order valence-electron chi connectivity index (χ4n) is 7.21. The van der Waals surface area contributed by atoms with Gasteiger partial charge in [0.1, 0.15) is 22.8 Å². The number of nitrogens with two attached hydrogens (primary N) is 1. The maximum Gasteiger partial charge on any atom is 0.417 e. The SMILES string of the molecule is CN(C)[C@@H]1C(O)=C(C(N)=O)C(=O)C2C(O)=C3C(=O)c4c(O)cc(C5CN(S(C)(=O)=O)CCN5)c(C(F)(F)F)c4C[C@H]3C[C@H]21. The zero-order valence-corrected chi connectivity index (χ0v) is 24.2. The number of carbonyl (C=O) groups excluding carboxylic acids is 3. The number of carbonyl (C=O) groups is 3. The van der Waals surface area contributed by atoms with Gasteiger partial charge in [-0.2, -0.15) is 17.5 Å². The van der Waals surface area contributed by atoms with E-state index in [0.29, 0.717) is 0 Å². The lowest BCUT2D eigenvalue weighted by molar-refractivity contribution is -0.139. The lowest BCUT2D eigenvalue weighted by atomic mass is 9.60. The van der Waals surface area contributed by atoms with Crippen LogP contribution in [0.15, 0.2) is 28.7 Å². The highest BCUT2D eigenvalue weighted by molar-refractivity contribution is 7.88. The molecule has 0 aromatic heterocycles. The molecule has 234 valence electrons. The standard InChI is InChI=1S/C27H31F3N4O8S/c1-33(2)21-13-7-10-6-12-17(22(36)16(10)23(37)18(13)24(38)19(25(21)39)26(31)40)15(35)8-11(20(12)27(28,29)30)14-9-34(5-4-32-14)43(3,41)42/h8,10,13-14,18,21,32,35,37,39H,4-7,9H2,1-3H3,(H2,31,40)/t10-,13+,14?,18?,21-/m0/s1. The molecular formula is C27H31F3N4O8S. The van der Waals surface area contributed by atoms with Crippen molar-refractivity contribution < 1.29 is 51.3 Å². The normalized spacial score (nSPS) is 28.6. The summed E-state index contributed by atoms with van der Waals surface area (Å²) in [5, 5.41) is 36.0. The molecule has 2 unspecified atom stereocenters. The zero-order chi connectivity index (χ0) is 31.9. The van der Waals surface area contributed by atoms with E-state index in [1.807, 2.05) is 0 Å². The molecule has 3 aliphatic carbocycles. The molecule has 5 atom stereocenters. The predicted octanol–water partition coefficient (Wildman–Crippen LogP) is 0.930. The number of amides is 1. The first kappa shape index (κ1) is 31.0. The summed E-state index contributed by atoms with van der Waals surface area (Å²) >= 11 is 0. The largest absolute Gasteiger partial charge is 0.511 e. The predicted molar refractivity (Wildman–Crippen MR) is 144 cm³/mol. The number of phenols is 1. The Hall–Kier alpha value is -3.47. The topological polar surface area (TPSA) is 191 Å². The Labute approximate surface area is 244 Å². The summed E-state index contributed by atoms with van der Waals surface area (Å²) < 4.78 is 69.7. The molecule has 1 amide bonds. The average Bonchev–Trinajstić information content (AvgIpc) is 2.86. The highest BCUT2D eigenvalue weighted by Crippen LogP contribution is 2.53. The van der Waals surface area contributed by atoms with Gasteiger partial charge in [0.15, 0.2) is 11.6 Å². The van der Waals surface area contributed by atoms with Gasteiger partial charge in [-0.25, -0.2) is 8.42 Å². The van der Waals surface area contributed by atoms with Crippen LogP contribution in [0, 0.1) is 17.8 Å². The van der Waals surface area contributed by atoms with E-state index >= 15 is 0 Å². The third kappa shape index (κ3) is 4.89. The number of allylic oxidation sites excluding steroid dienone is 2. The molecule has 0 bridgehead atoms. The van der Waals surface area contributed by atoms with Crippen LogP contribution in [0.5, 0.6) is 5.75 Å². The van der Waals surface area contributed by atoms with Crippen molar-refractivity contribution in [2.45, 2.75) is 31.1 Å². The number of phenolic OH excluding ortho intramolecular Hbond substituents is 1. The van der Waals surface area contributed by atoms with Crippen LogP contribution in [-0.2, 0) is 32.2 Å². The molecular weight excluding hydrogens is 597 g/mol. The van der Waals surface area contributed by atoms with E-state index < -0.39 is 115 Å². The lowest BCUT2D eigenvalue weighted by Crippen LogP contribution is -2.53. The molecule has 0 saturated carbocycles. The molecule has 1 fully saturated rings. The highest BCUT2D eigenvalue weighted by atomic mass is 32.2. The molecule has 12 nitrogen and oxygen atoms in total. The van der Waals surface area contributed by atoms with Gasteiger partial charge in [0.25, 0.3) is 5.91 Å². The number of halogens is 3. The summed E-state index contributed by atoms with van der Waals surface area (Å²) in [7, 11) is -0.669. The Morgan fingerprint density at radius 3 is 2.37 bits per heavy atom. The maximum atomic E-state index is 14.8. The van der Waals surface area contributed by atoms with Crippen molar-refractivity contribution in [1.29, 1.82) is 0 Å². The zero-order valence-electron chi connectivity index (χ0n) is 23.4. The van der Waals surface area contributed by atoms with Crippen molar-refractivity contribution in [2.24, 2.45) is 23.5 Å². The first-order valence-electron chi connectivity index (χ1n) is 13.4. The first-order valence-corrected chi connectivity index (χ1v) is 15.3. The van der Waals surface area contributed by atoms with Crippen LogP contribution in [0.3, 0.4) is 0 Å². The fourth-order valence-corrected chi connectivity index (χ4v) is 8.06. The highest BCUT2D eigenvalue weighted by Gasteiger charge is 2.55. The Kier molecular flexibility index (Phi) is 7.43. The average molecular weight is 629 g/mol. The fraction of sp³-hybridized carbons (Fsp3) is 0.519. The number of aliphatic hydroxyl groups excluding tert-OH is 2. The van der Waals surface area contributed by atoms with Crippen molar-refractivity contribution in [3.05, 3.63) is 51.0 Å². The van der Waals surface area contributed by atoms with Gasteiger partial charge in [-0.05, 0) is 56.0 Å². The monoisotopic (exact) mass is 628 g/mol. The molecule has 4 aliphatic rings. The number of nitrogens with zero attached hydrogens (tertiary/aromatic N) is 2. The molecule has 43 heavy (non-hydrogen) atoms. The second-order valence-electron chi connectivity index (χ2n) is 11.6. The van der Waals surface area contributed by atoms with Crippen LogP contribution in [0.4, 0.5) is 13.2 Å². The number of Topliss-reactive ketones (excluding diaryl/α,β-unsaturated/α-hetero) is 2. The van der Waals surface area contributed by atoms with E-state index in [1.165, 1.54) is 19.0 Å². The second-order valence-corrected chi connectivity index (χ2v) is 13.6. The molecule has 1 heterocycles. The van der Waals surface area contributed by atoms with Gasteiger partial charge in [0, 0.05) is 31.2 Å². The number of rotatable bonds is 4. The summed E-state index contributed by atoms with van der Waals surface area (Å²) in [6.45, 7) is -0.259. The van der Waals surface area contributed by atoms with E-state index in [1.54, 1.807) is 0 Å². The number of alkyl halides is 3. The number of likely N-dealkylation sites (N-methyl/N-ethyl adjacent to an activating group) is 1. The molecule has 0 spiro atoms. The molecule has 1 aromatic rings. The smallest absolute Gasteiger partial charge is 0.417 e. The van der Waals surface area contributed by atoms with Crippen LogP contribution in [0.2, 0.25) is 0 Å². The van der Waals surface area contributed by atoms with E-state index in [0.717, 1.165) is 16.6 Å². The first-order chi connectivity index (χ1) is 19.9. The minimum atomic E-state index is -5.02. The van der Waals surface area contributed by atoms with Crippen LogP contribution in [0.25, 0.3) is 0 Å². The minimum absolute atomic E-state index is 0.0364. The molecule has 0 radical (unpaired) electrons.